The molecule has 3 fully saturated rings. The highest BCUT2D eigenvalue weighted by Gasteiger charge is 2.79. The molecule has 0 radical (unpaired) electrons. The van der Waals surface area contributed by atoms with E-state index in [9.17, 15) is 9.59 Å². The lowest BCUT2D eigenvalue weighted by Gasteiger charge is -2.41. The SMILES string of the molecule is Cl.Cl.N=C(N)Nc1ccc(C[N+]2(C(=O)[C@H](N)CC3CCCCC3)CC[C@@H]3C[C@@]32C(N)=O)cc1. The molecule has 184 valence electrons. The summed E-state index contributed by atoms with van der Waals surface area (Å²) in [5.74, 6) is 0.132. The van der Waals surface area contributed by atoms with Crippen molar-refractivity contribution in [3.63, 3.8) is 0 Å². The van der Waals surface area contributed by atoms with E-state index >= 15 is 0 Å². The van der Waals surface area contributed by atoms with Crippen LogP contribution in [0.4, 0.5) is 5.69 Å². The number of hydrogen-bond donors (Lipinski definition) is 5. The number of nitrogens with two attached hydrogens (primary N) is 3. The molecule has 4 rings (SSSR count). The lowest BCUT2D eigenvalue weighted by atomic mass is 9.84. The molecule has 0 aromatic heterocycles. The molecule has 1 unspecified atom stereocenters. The van der Waals surface area contributed by atoms with Crippen molar-refractivity contribution < 1.29 is 14.1 Å². The van der Waals surface area contributed by atoms with Crippen molar-refractivity contribution in [2.24, 2.45) is 29.0 Å². The number of amides is 2. The first-order chi connectivity index (χ1) is 14.8. The Kier molecular flexibility index (Phi) is 8.79. The number of benzene rings is 1. The van der Waals surface area contributed by atoms with Gasteiger partial charge in [-0.05, 0) is 24.5 Å². The maximum absolute atomic E-state index is 13.9. The van der Waals surface area contributed by atoms with Gasteiger partial charge in [0.25, 0.3) is 5.91 Å². The number of carbonyl (C=O) groups excluding carboxylic acids is 2. The summed E-state index contributed by atoms with van der Waals surface area (Å²) in [4.78, 5) is 26.5. The highest BCUT2D eigenvalue weighted by molar-refractivity contribution is 5.91. The second kappa shape index (κ2) is 10.6. The average molecular weight is 500 g/mol. The maximum atomic E-state index is 13.9. The molecule has 8 nitrogen and oxygen atoms in total. The summed E-state index contributed by atoms with van der Waals surface area (Å²) >= 11 is 0. The summed E-state index contributed by atoms with van der Waals surface area (Å²) in [5.41, 5.74) is 18.7. The minimum atomic E-state index is -0.808. The van der Waals surface area contributed by atoms with Gasteiger partial charge in [0.1, 0.15) is 12.6 Å². The van der Waals surface area contributed by atoms with Gasteiger partial charge in [0.05, 0.1) is 6.54 Å². The van der Waals surface area contributed by atoms with Crippen LogP contribution in [0.15, 0.2) is 24.3 Å². The van der Waals surface area contributed by atoms with Crippen LogP contribution in [0.5, 0.6) is 0 Å². The van der Waals surface area contributed by atoms with Gasteiger partial charge >= 0.3 is 5.91 Å². The van der Waals surface area contributed by atoms with Gasteiger partial charge in [0.15, 0.2) is 11.5 Å². The molecule has 4 atom stereocenters. The highest BCUT2D eigenvalue weighted by Crippen LogP contribution is 2.61. The number of fused-ring (bicyclic) bond motifs is 1. The van der Waals surface area contributed by atoms with Crippen LogP contribution in [0, 0.1) is 17.2 Å². The summed E-state index contributed by atoms with van der Waals surface area (Å²) in [5, 5.41) is 10.1. The standard InChI is InChI=1S/C23H34N6O2.2ClH/c24-19(12-15-4-2-1-3-5-15)20(30)29(11-10-17-13-23(17,29)21(25)31)14-16-6-8-18(9-7-16)28-22(26)27;;/h6-9,15,17,19H,1-5,10-14,24H2,(H5-,25,26,27,28,31);2*1H/p+1/t17-,19-,23+,29?;;/m1../s1. The molecule has 0 spiro atoms. The molecule has 33 heavy (non-hydrogen) atoms. The summed E-state index contributed by atoms with van der Waals surface area (Å²) < 4.78 is 0.0559. The van der Waals surface area contributed by atoms with E-state index in [-0.39, 0.29) is 53.0 Å². The number of anilines is 1. The van der Waals surface area contributed by atoms with Gasteiger partial charge in [0.2, 0.25) is 0 Å². The monoisotopic (exact) mass is 499 g/mol. The fourth-order valence-corrected chi connectivity index (χ4v) is 6.24. The lowest BCUT2D eigenvalue weighted by Crippen LogP contribution is -2.67. The topological polar surface area (TPSA) is 148 Å². The van der Waals surface area contributed by atoms with Gasteiger partial charge in [0, 0.05) is 30.0 Å². The van der Waals surface area contributed by atoms with E-state index in [1.54, 1.807) is 0 Å². The van der Waals surface area contributed by atoms with Crippen molar-refractivity contribution in [2.75, 3.05) is 11.9 Å². The molecule has 0 bridgehead atoms. The van der Waals surface area contributed by atoms with E-state index in [1.165, 1.54) is 19.3 Å². The third-order valence-corrected chi connectivity index (χ3v) is 7.86. The highest BCUT2D eigenvalue weighted by atomic mass is 35.5. The summed E-state index contributed by atoms with van der Waals surface area (Å²) in [6.07, 6.45) is 8.15. The van der Waals surface area contributed by atoms with Crippen molar-refractivity contribution in [3.05, 3.63) is 29.8 Å². The normalized spacial score (nSPS) is 29.1. The molecular formula is C23H37Cl2N6O2+. The number of nitrogens with one attached hydrogen (secondary N) is 2. The van der Waals surface area contributed by atoms with Crippen LogP contribution in [-0.4, -0.2) is 40.4 Å². The molecule has 1 saturated heterocycles. The second-order valence-corrected chi connectivity index (χ2v) is 9.75. The Morgan fingerprint density at radius 1 is 1.09 bits per heavy atom. The van der Waals surface area contributed by atoms with Crippen molar-refractivity contribution in [1.29, 1.82) is 5.41 Å². The third kappa shape index (κ3) is 4.99. The number of guanidine groups is 1. The molecule has 1 heterocycles. The van der Waals surface area contributed by atoms with Gasteiger partial charge in [-0.15, -0.1) is 24.8 Å². The second-order valence-electron chi connectivity index (χ2n) is 9.75. The zero-order valence-corrected chi connectivity index (χ0v) is 20.6. The number of halogens is 2. The molecule has 2 saturated carbocycles. The van der Waals surface area contributed by atoms with E-state index in [0.29, 0.717) is 37.5 Å². The van der Waals surface area contributed by atoms with E-state index in [2.05, 4.69) is 5.32 Å². The number of nitrogens with zero attached hydrogens (tertiary/aromatic N) is 1. The molecular weight excluding hydrogens is 463 g/mol. The fourth-order valence-electron chi connectivity index (χ4n) is 6.24. The maximum Gasteiger partial charge on any atom is 0.331 e. The zero-order chi connectivity index (χ0) is 22.2. The van der Waals surface area contributed by atoms with Crippen LogP contribution in [0.1, 0.15) is 56.9 Å². The molecule has 2 amide bonds. The first-order valence-corrected chi connectivity index (χ1v) is 11.5. The summed E-state index contributed by atoms with van der Waals surface area (Å²) in [7, 11) is 0. The van der Waals surface area contributed by atoms with Crippen LogP contribution in [0.2, 0.25) is 0 Å². The molecule has 2 aliphatic carbocycles. The van der Waals surface area contributed by atoms with Crippen LogP contribution in [0.3, 0.4) is 0 Å². The smallest absolute Gasteiger partial charge is 0.331 e. The van der Waals surface area contributed by atoms with E-state index in [1.807, 2.05) is 24.3 Å². The van der Waals surface area contributed by atoms with Crippen molar-refractivity contribution in [3.8, 4) is 0 Å². The number of piperidine rings is 1. The van der Waals surface area contributed by atoms with E-state index < -0.39 is 11.6 Å². The van der Waals surface area contributed by atoms with Crippen LogP contribution in [0.25, 0.3) is 0 Å². The number of rotatable bonds is 7. The summed E-state index contributed by atoms with van der Waals surface area (Å²) in [6, 6.07) is 6.91. The molecule has 1 aliphatic heterocycles. The lowest BCUT2D eigenvalue weighted by molar-refractivity contribution is -0.885. The van der Waals surface area contributed by atoms with Gasteiger partial charge in [-0.2, -0.15) is 0 Å². The average Bonchev–Trinajstić information content (AvgIpc) is 3.41. The minimum Gasteiger partial charge on any atom is -0.370 e. The van der Waals surface area contributed by atoms with Gasteiger partial charge < -0.3 is 22.5 Å². The number of quaternary nitrogens is 1. The number of hydrogen-bond acceptors (Lipinski definition) is 4. The van der Waals surface area contributed by atoms with Gasteiger partial charge in [-0.1, -0.05) is 44.2 Å². The number of likely N-dealkylation sites (tertiary alicyclic amines) is 1. The molecule has 3 aliphatic rings. The Balaban J connectivity index is 0.00000193. The zero-order valence-electron chi connectivity index (χ0n) is 18.9. The largest absolute Gasteiger partial charge is 0.370 e. The predicted octanol–water partition coefficient (Wildman–Crippen LogP) is 2.62. The fraction of sp³-hybridized carbons (Fsp3) is 0.609. The van der Waals surface area contributed by atoms with Gasteiger partial charge in [-0.25, -0.2) is 9.28 Å². The Labute approximate surface area is 207 Å². The quantitative estimate of drug-likeness (QED) is 0.222. The molecule has 10 heteroatoms. The van der Waals surface area contributed by atoms with E-state index in [0.717, 1.165) is 24.8 Å². The van der Waals surface area contributed by atoms with Crippen LogP contribution < -0.4 is 22.5 Å². The minimum absolute atomic E-state index is 0. The Morgan fingerprint density at radius 2 is 1.73 bits per heavy atom. The Hall–Kier alpha value is -1.87. The number of primary amides is 1. The Morgan fingerprint density at radius 3 is 2.27 bits per heavy atom. The first kappa shape index (κ1) is 27.4. The Bertz CT molecular complexity index is 876. The van der Waals surface area contributed by atoms with Crippen LogP contribution >= 0.6 is 24.8 Å². The molecule has 1 aromatic carbocycles. The molecule has 1 aromatic rings. The van der Waals surface area contributed by atoms with Gasteiger partial charge in [-0.3, -0.25) is 10.2 Å². The predicted molar refractivity (Wildman–Crippen MR) is 134 cm³/mol. The van der Waals surface area contributed by atoms with Crippen LogP contribution in [-0.2, 0) is 16.1 Å². The molecule has 8 N–H and O–H groups in total. The summed E-state index contributed by atoms with van der Waals surface area (Å²) in [6.45, 7) is 1.02. The van der Waals surface area contributed by atoms with E-state index in [4.69, 9.17) is 22.6 Å². The first-order valence-electron chi connectivity index (χ1n) is 11.5. The van der Waals surface area contributed by atoms with Crippen molar-refractivity contribution in [2.45, 2.75) is 69.5 Å². The van der Waals surface area contributed by atoms with Crippen molar-refractivity contribution in [1.82, 2.24) is 0 Å². The van der Waals surface area contributed by atoms with Crippen molar-refractivity contribution >= 4 is 48.3 Å². The third-order valence-electron chi connectivity index (χ3n) is 7.86. The number of carbonyl (C=O) groups is 2.